The van der Waals surface area contributed by atoms with Crippen LogP contribution in [0.5, 0.6) is 0 Å². The minimum absolute atomic E-state index is 0.00432. The number of amides is 1. The summed E-state index contributed by atoms with van der Waals surface area (Å²) >= 11 is 12.2. The predicted molar refractivity (Wildman–Crippen MR) is 127 cm³/mol. The van der Waals surface area contributed by atoms with Gasteiger partial charge < -0.3 is 5.32 Å². The van der Waals surface area contributed by atoms with Crippen molar-refractivity contribution in [3.05, 3.63) is 93.5 Å². The van der Waals surface area contributed by atoms with Gasteiger partial charge in [-0.05, 0) is 61.9 Å². The minimum Gasteiger partial charge on any atom is -0.325 e. The Morgan fingerprint density at radius 3 is 2.19 bits per heavy atom. The second kappa shape index (κ2) is 9.86. The summed E-state index contributed by atoms with van der Waals surface area (Å²) in [6.07, 6.45) is 0.00432. The molecule has 0 aliphatic rings. The molecule has 0 heterocycles. The molecule has 0 bridgehead atoms. The van der Waals surface area contributed by atoms with E-state index in [0.29, 0.717) is 26.9 Å². The van der Waals surface area contributed by atoms with Crippen molar-refractivity contribution in [3.63, 3.8) is 0 Å². The largest absolute Gasteiger partial charge is 0.325 e. The molecule has 0 unspecified atom stereocenters. The van der Waals surface area contributed by atoms with Crippen LogP contribution in [0.4, 0.5) is 5.69 Å². The number of ketones is 1. The molecule has 0 radical (unpaired) electrons. The summed E-state index contributed by atoms with van der Waals surface area (Å²) in [6, 6.07) is 17.4. The van der Waals surface area contributed by atoms with Gasteiger partial charge in [0.05, 0.1) is 27.3 Å². The molecule has 1 amide bonds. The van der Waals surface area contributed by atoms with Gasteiger partial charge in [0.25, 0.3) is 0 Å². The summed E-state index contributed by atoms with van der Waals surface area (Å²) in [5.41, 5.74) is 1.47. The quantitative estimate of drug-likeness (QED) is 0.438. The molecular weight excluding hydrogens is 469 g/mol. The first-order valence-electron chi connectivity index (χ1n) is 9.81. The number of hydrogen-bond acceptors (Lipinski definition) is 4. The SMILES string of the molecule is CC(C)S(=O)(=O)c1ccc(CC(=O)Nc2ccc(Cl)cc2C(=O)c2ccccc2Cl)cc1. The first kappa shape index (κ1) is 24.0. The van der Waals surface area contributed by atoms with Crippen LogP contribution in [0.3, 0.4) is 0 Å². The molecule has 0 spiro atoms. The number of carbonyl (C=O) groups is 2. The zero-order valence-corrected chi connectivity index (χ0v) is 19.8. The van der Waals surface area contributed by atoms with E-state index < -0.39 is 15.1 Å². The van der Waals surface area contributed by atoms with Crippen molar-refractivity contribution in [1.29, 1.82) is 0 Å². The van der Waals surface area contributed by atoms with Crippen LogP contribution in [0.15, 0.2) is 71.6 Å². The van der Waals surface area contributed by atoms with Gasteiger partial charge in [0, 0.05) is 16.1 Å². The van der Waals surface area contributed by atoms with Gasteiger partial charge in [0.2, 0.25) is 5.91 Å². The van der Waals surface area contributed by atoms with Gasteiger partial charge in [-0.1, -0.05) is 47.5 Å². The average Bonchev–Trinajstić information content (AvgIpc) is 2.75. The molecule has 3 aromatic rings. The average molecular weight is 490 g/mol. The highest BCUT2D eigenvalue weighted by Crippen LogP contribution is 2.27. The van der Waals surface area contributed by atoms with Crippen molar-refractivity contribution in [2.45, 2.75) is 30.4 Å². The molecule has 0 aliphatic heterocycles. The number of hydrogen-bond donors (Lipinski definition) is 1. The van der Waals surface area contributed by atoms with E-state index in [-0.39, 0.29) is 28.6 Å². The van der Waals surface area contributed by atoms with E-state index in [0.717, 1.165) is 0 Å². The van der Waals surface area contributed by atoms with Crippen LogP contribution in [0.2, 0.25) is 10.0 Å². The third-order valence-electron chi connectivity index (χ3n) is 4.86. The molecule has 166 valence electrons. The van der Waals surface area contributed by atoms with Crippen molar-refractivity contribution in [2.24, 2.45) is 0 Å². The summed E-state index contributed by atoms with van der Waals surface area (Å²) in [4.78, 5) is 25.9. The highest BCUT2D eigenvalue weighted by Gasteiger charge is 2.20. The zero-order chi connectivity index (χ0) is 23.5. The van der Waals surface area contributed by atoms with E-state index in [9.17, 15) is 18.0 Å². The van der Waals surface area contributed by atoms with Crippen molar-refractivity contribution < 1.29 is 18.0 Å². The van der Waals surface area contributed by atoms with Crippen LogP contribution in [-0.2, 0) is 21.1 Å². The van der Waals surface area contributed by atoms with Crippen molar-refractivity contribution in [1.82, 2.24) is 0 Å². The molecule has 5 nitrogen and oxygen atoms in total. The molecule has 0 saturated carbocycles. The Morgan fingerprint density at radius 2 is 1.56 bits per heavy atom. The lowest BCUT2D eigenvalue weighted by atomic mass is 10.0. The molecule has 0 aliphatic carbocycles. The van der Waals surface area contributed by atoms with Gasteiger partial charge in [0.1, 0.15) is 0 Å². The maximum absolute atomic E-state index is 13.0. The highest BCUT2D eigenvalue weighted by atomic mass is 35.5. The molecule has 3 aromatic carbocycles. The number of rotatable bonds is 7. The molecule has 0 aromatic heterocycles. The van der Waals surface area contributed by atoms with E-state index in [2.05, 4.69) is 5.32 Å². The number of nitrogens with one attached hydrogen (secondary N) is 1. The van der Waals surface area contributed by atoms with E-state index in [4.69, 9.17) is 23.2 Å². The van der Waals surface area contributed by atoms with Gasteiger partial charge >= 0.3 is 0 Å². The molecule has 0 atom stereocenters. The summed E-state index contributed by atoms with van der Waals surface area (Å²) < 4.78 is 24.5. The van der Waals surface area contributed by atoms with Crippen molar-refractivity contribution >= 4 is 50.4 Å². The number of carbonyl (C=O) groups excluding carboxylic acids is 2. The first-order valence-corrected chi connectivity index (χ1v) is 12.1. The first-order chi connectivity index (χ1) is 15.1. The van der Waals surface area contributed by atoms with Gasteiger partial charge in [0.15, 0.2) is 15.6 Å². The standard InChI is InChI=1S/C24H21Cl2NO4S/c1-15(2)32(30,31)18-10-7-16(8-11-18)13-23(28)27-22-12-9-17(25)14-20(22)24(29)19-5-3-4-6-21(19)26/h3-12,14-15H,13H2,1-2H3,(H,27,28). The van der Waals surface area contributed by atoms with E-state index in [1.807, 2.05) is 0 Å². The summed E-state index contributed by atoms with van der Waals surface area (Å²) in [5.74, 6) is -0.725. The topological polar surface area (TPSA) is 80.3 Å². The van der Waals surface area contributed by atoms with E-state index >= 15 is 0 Å². The van der Waals surface area contributed by atoms with Crippen LogP contribution >= 0.6 is 23.2 Å². The van der Waals surface area contributed by atoms with Gasteiger partial charge in [-0.2, -0.15) is 0 Å². The Balaban J connectivity index is 1.80. The molecule has 3 rings (SSSR count). The Labute approximate surface area is 197 Å². The van der Waals surface area contributed by atoms with Crippen molar-refractivity contribution in [2.75, 3.05) is 5.32 Å². The lowest BCUT2D eigenvalue weighted by Gasteiger charge is -2.12. The second-order valence-electron chi connectivity index (χ2n) is 7.46. The zero-order valence-electron chi connectivity index (χ0n) is 17.4. The Morgan fingerprint density at radius 1 is 0.906 bits per heavy atom. The summed E-state index contributed by atoms with van der Waals surface area (Å²) in [6.45, 7) is 3.23. The molecule has 32 heavy (non-hydrogen) atoms. The maximum atomic E-state index is 13.0. The molecular formula is C24H21Cl2NO4S. The minimum atomic E-state index is -3.38. The van der Waals surface area contributed by atoms with Crippen LogP contribution in [0.25, 0.3) is 0 Å². The monoisotopic (exact) mass is 489 g/mol. The maximum Gasteiger partial charge on any atom is 0.228 e. The predicted octanol–water partition coefficient (Wildman–Crippen LogP) is 5.59. The number of sulfone groups is 1. The fourth-order valence-corrected chi connectivity index (χ4v) is 4.51. The highest BCUT2D eigenvalue weighted by molar-refractivity contribution is 7.92. The van der Waals surface area contributed by atoms with Gasteiger partial charge in [-0.25, -0.2) is 8.42 Å². The number of benzene rings is 3. The van der Waals surface area contributed by atoms with E-state index in [1.54, 1.807) is 62.4 Å². The fourth-order valence-electron chi connectivity index (χ4n) is 3.05. The second-order valence-corrected chi connectivity index (χ2v) is 10.8. The smallest absolute Gasteiger partial charge is 0.228 e. The number of anilines is 1. The normalized spacial score (nSPS) is 11.4. The van der Waals surface area contributed by atoms with Gasteiger partial charge in [-0.3, -0.25) is 9.59 Å². The molecule has 8 heteroatoms. The molecule has 1 N–H and O–H groups in total. The molecule has 0 fully saturated rings. The van der Waals surface area contributed by atoms with Crippen LogP contribution in [0.1, 0.15) is 35.3 Å². The number of halogens is 2. The van der Waals surface area contributed by atoms with E-state index in [1.165, 1.54) is 18.2 Å². The van der Waals surface area contributed by atoms with Crippen molar-refractivity contribution in [3.8, 4) is 0 Å². The Bertz CT molecular complexity index is 1270. The summed E-state index contributed by atoms with van der Waals surface area (Å²) in [5, 5.41) is 2.85. The van der Waals surface area contributed by atoms with Crippen LogP contribution in [0, 0.1) is 0 Å². The Kier molecular flexibility index (Phi) is 7.39. The van der Waals surface area contributed by atoms with Crippen LogP contribution in [-0.4, -0.2) is 25.4 Å². The third kappa shape index (κ3) is 5.38. The lowest BCUT2D eigenvalue weighted by Crippen LogP contribution is -2.17. The summed E-state index contributed by atoms with van der Waals surface area (Å²) in [7, 11) is -3.38. The van der Waals surface area contributed by atoms with Gasteiger partial charge in [-0.15, -0.1) is 0 Å². The Hall–Kier alpha value is -2.67. The lowest BCUT2D eigenvalue weighted by molar-refractivity contribution is -0.115. The third-order valence-corrected chi connectivity index (χ3v) is 7.59. The van der Waals surface area contributed by atoms with Crippen LogP contribution < -0.4 is 5.32 Å². The molecule has 0 saturated heterocycles. The fraction of sp³-hybridized carbons (Fsp3) is 0.167.